The predicted octanol–water partition coefficient (Wildman–Crippen LogP) is 1.99. The van der Waals surface area contributed by atoms with Crippen molar-refractivity contribution in [1.29, 1.82) is 0 Å². The highest BCUT2D eigenvalue weighted by molar-refractivity contribution is 5.95. The summed E-state index contributed by atoms with van der Waals surface area (Å²) >= 11 is 0. The van der Waals surface area contributed by atoms with Crippen molar-refractivity contribution in [3.8, 4) is 5.75 Å². The Balaban J connectivity index is 2.07. The van der Waals surface area contributed by atoms with Gasteiger partial charge in [-0.2, -0.15) is 5.10 Å². The fraction of sp³-hybridized carbons (Fsp3) is 0.125. The molecule has 7 nitrogen and oxygen atoms in total. The molecule has 0 aliphatic rings. The maximum atomic E-state index is 11.9. The summed E-state index contributed by atoms with van der Waals surface area (Å²) < 4.78 is 0. The van der Waals surface area contributed by atoms with Crippen LogP contribution in [0.25, 0.3) is 0 Å². The number of hydrogen-bond acceptors (Lipinski definition) is 5. The molecular formula is C16H14N3O4-. The molecule has 0 saturated carbocycles. The Bertz CT molecular complexity index is 754. The van der Waals surface area contributed by atoms with Gasteiger partial charge in [-0.1, -0.05) is 30.9 Å². The van der Waals surface area contributed by atoms with Crippen molar-refractivity contribution in [3.63, 3.8) is 0 Å². The molecule has 1 amide bonds. The van der Waals surface area contributed by atoms with Crippen molar-refractivity contribution in [1.82, 2.24) is 5.43 Å². The second-order valence-corrected chi connectivity index (χ2v) is 4.73. The zero-order valence-corrected chi connectivity index (χ0v) is 12.4. The van der Waals surface area contributed by atoms with Crippen LogP contribution in [-0.2, 0) is 6.42 Å². The van der Waals surface area contributed by atoms with E-state index in [0.717, 1.165) is 36.4 Å². The molecule has 0 atom stereocenters. The van der Waals surface area contributed by atoms with E-state index in [2.05, 4.69) is 10.5 Å². The Kier molecular flexibility index (Phi) is 5.03. The number of non-ortho nitro benzene ring substituents is 1. The van der Waals surface area contributed by atoms with Gasteiger partial charge in [0.25, 0.3) is 11.6 Å². The van der Waals surface area contributed by atoms with Gasteiger partial charge in [0.05, 0.1) is 11.1 Å². The van der Waals surface area contributed by atoms with E-state index in [1.165, 1.54) is 0 Å². The molecule has 0 fully saturated rings. The number of hydrogen-bond donors (Lipinski definition) is 1. The maximum absolute atomic E-state index is 11.9. The van der Waals surface area contributed by atoms with Gasteiger partial charge in [-0.25, -0.2) is 5.43 Å². The summed E-state index contributed by atoms with van der Waals surface area (Å²) in [5.41, 5.74) is 3.64. The number of nitrogens with one attached hydrogen (secondary N) is 1. The Morgan fingerprint density at radius 2 is 1.96 bits per heavy atom. The van der Waals surface area contributed by atoms with E-state index in [1.807, 2.05) is 19.1 Å². The molecule has 2 aromatic rings. The van der Waals surface area contributed by atoms with Crippen LogP contribution in [0.4, 0.5) is 5.69 Å². The third-order valence-electron chi connectivity index (χ3n) is 3.20. The van der Waals surface area contributed by atoms with Crippen LogP contribution < -0.4 is 10.5 Å². The summed E-state index contributed by atoms with van der Waals surface area (Å²) in [5, 5.41) is 25.9. The average Bonchev–Trinajstić information content (AvgIpc) is 2.56. The second kappa shape index (κ2) is 7.17. The van der Waals surface area contributed by atoms with Crippen LogP contribution in [-0.4, -0.2) is 17.0 Å². The largest absolute Gasteiger partial charge is 0.872 e. The number of rotatable bonds is 5. The smallest absolute Gasteiger partial charge is 0.271 e. The first-order chi connectivity index (χ1) is 11.0. The molecule has 0 heterocycles. The van der Waals surface area contributed by atoms with Gasteiger partial charge in [0.2, 0.25) is 0 Å². The van der Waals surface area contributed by atoms with Gasteiger partial charge >= 0.3 is 0 Å². The molecular weight excluding hydrogens is 298 g/mol. The molecule has 0 spiro atoms. The lowest BCUT2D eigenvalue weighted by Gasteiger charge is -2.08. The minimum absolute atomic E-state index is 0.0285. The molecule has 1 N–H and O–H groups in total. The summed E-state index contributed by atoms with van der Waals surface area (Å²) in [6.07, 6.45) is 1.97. The molecule has 0 radical (unpaired) electrons. The number of nitrogens with zero attached hydrogens (tertiary/aromatic N) is 2. The maximum Gasteiger partial charge on any atom is 0.271 e. The fourth-order valence-corrected chi connectivity index (χ4v) is 1.87. The molecule has 0 bridgehead atoms. The lowest BCUT2D eigenvalue weighted by atomic mass is 10.1. The normalized spacial score (nSPS) is 10.7. The number of hydrazone groups is 1. The molecule has 2 aromatic carbocycles. The number of nitro groups is 1. The van der Waals surface area contributed by atoms with Gasteiger partial charge in [0.1, 0.15) is 0 Å². The summed E-state index contributed by atoms with van der Waals surface area (Å²) in [5.74, 6) is -0.845. The molecule has 0 aliphatic carbocycles. The van der Waals surface area contributed by atoms with Crippen LogP contribution in [0.5, 0.6) is 5.75 Å². The minimum Gasteiger partial charge on any atom is -0.872 e. The van der Waals surface area contributed by atoms with Crippen LogP contribution in [0.2, 0.25) is 0 Å². The highest BCUT2D eigenvalue weighted by Crippen LogP contribution is 2.19. The molecule has 0 aromatic heterocycles. The number of benzene rings is 2. The van der Waals surface area contributed by atoms with Crippen LogP contribution in [0, 0.1) is 10.1 Å². The van der Waals surface area contributed by atoms with Gasteiger partial charge in [0.15, 0.2) is 0 Å². The first kappa shape index (κ1) is 16.2. The lowest BCUT2D eigenvalue weighted by molar-refractivity contribution is -0.385. The van der Waals surface area contributed by atoms with E-state index in [4.69, 9.17) is 0 Å². The summed E-state index contributed by atoms with van der Waals surface area (Å²) in [6, 6.07) is 10.3. The van der Waals surface area contributed by atoms with Crippen molar-refractivity contribution >= 4 is 17.8 Å². The van der Waals surface area contributed by atoms with Gasteiger partial charge in [-0.15, -0.1) is 0 Å². The molecule has 7 heteroatoms. The van der Waals surface area contributed by atoms with Crippen molar-refractivity contribution in [2.45, 2.75) is 13.3 Å². The number of amides is 1. The van der Waals surface area contributed by atoms with Crippen molar-refractivity contribution < 1.29 is 14.8 Å². The zero-order chi connectivity index (χ0) is 16.8. The van der Waals surface area contributed by atoms with Gasteiger partial charge in [-0.05, 0) is 29.7 Å². The quantitative estimate of drug-likeness (QED) is 0.517. The van der Waals surface area contributed by atoms with Gasteiger partial charge < -0.3 is 5.11 Å². The first-order valence-corrected chi connectivity index (χ1v) is 6.89. The van der Waals surface area contributed by atoms with Crippen LogP contribution in [0.15, 0.2) is 47.6 Å². The van der Waals surface area contributed by atoms with Crippen molar-refractivity contribution in [2.75, 3.05) is 0 Å². The molecule has 2 rings (SSSR count). The first-order valence-electron chi connectivity index (χ1n) is 6.89. The van der Waals surface area contributed by atoms with E-state index in [0.29, 0.717) is 5.56 Å². The minimum atomic E-state index is -0.607. The molecule has 0 unspecified atom stereocenters. The number of carbonyl (C=O) groups is 1. The van der Waals surface area contributed by atoms with Crippen LogP contribution in [0.3, 0.4) is 0 Å². The molecule has 23 heavy (non-hydrogen) atoms. The SMILES string of the molecule is CCc1ccc(C(=O)N/N=C\c2cc([N+](=O)[O-])ccc2[O-])cc1. The average molecular weight is 312 g/mol. The topological polar surface area (TPSA) is 108 Å². The molecule has 0 saturated heterocycles. The van der Waals surface area contributed by atoms with Gasteiger partial charge in [0, 0.05) is 17.7 Å². The molecule has 0 aliphatic heterocycles. The van der Waals surface area contributed by atoms with E-state index in [1.54, 1.807) is 12.1 Å². The second-order valence-electron chi connectivity index (χ2n) is 4.73. The van der Waals surface area contributed by atoms with Crippen molar-refractivity contribution in [2.24, 2.45) is 5.10 Å². The highest BCUT2D eigenvalue weighted by atomic mass is 16.6. The monoisotopic (exact) mass is 312 g/mol. The van der Waals surface area contributed by atoms with Crippen LogP contribution in [0.1, 0.15) is 28.4 Å². The summed E-state index contributed by atoms with van der Waals surface area (Å²) in [7, 11) is 0. The predicted molar refractivity (Wildman–Crippen MR) is 83.4 cm³/mol. The third-order valence-corrected chi connectivity index (χ3v) is 3.20. The summed E-state index contributed by atoms with van der Waals surface area (Å²) in [6.45, 7) is 2.01. The Morgan fingerprint density at radius 3 is 2.57 bits per heavy atom. The van der Waals surface area contributed by atoms with Crippen molar-refractivity contribution in [3.05, 3.63) is 69.3 Å². The van der Waals surface area contributed by atoms with E-state index in [-0.39, 0.29) is 11.3 Å². The van der Waals surface area contributed by atoms with Crippen LogP contribution >= 0.6 is 0 Å². The third kappa shape index (κ3) is 4.13. The highest BCUT2D eigenvalue weighted by Gasteiger charge is 2.06. The standard InChI is InChI=1S/C16H15N3O4/c1-2-11-3-5-12(6-4-11)16(21)18-17-10-13-9-14(19(22)23)7-8-15(13)20/h3-10,20H,2H2,1H3,(H,18,21)/p-1/b17-10-. The Hall–Kier alpha value is -3.22. The Labute approximate surface area is 132 Å². The zero-order valence-electron chi connectivity index (χ0n) is 12.4. The molecule has 118 valence electrons. The number of nitro benzene ring substituents is 1. The van der Waals surface area contributed by atoms with E-state index >= 15 is 0 Å². The summed E-state index contributed by atoms with van der Waals surface area (Å²) in [4.78, 5) is 21.9. The van der Waals surface area contributed by atoms with Gasteiger partial charge in [-0.3, -0.25) is 14.9 Å². The fourth-order valence-electron chi connectivity index (χ4n) is 1.87. The van der Waals surface area contributed by atoms with E-state index in [9.17, 15) is 20.0 Å². The Morgan fingerprint density at radius 1 is 1.26 bits per heavy atom. The number of carbonyl (C=O) groups excluding carboxylic acids is 1. The van der Waals surface area contributed by atoms with E-state index < -0.39 is 16.6 Å². The lowest BCUT2D eigenvalue weighted by Crippen LogP contribution is -2.17. The number of aryl methyl sites for hydroxylation is 1.